The number of carbonyl (C=O) groups is 2. The van der Waals surface area contributed by atoms with E-state index in [9.17, 15) is 19.3 Å². The normalized spacial score (nSPS) is 13.2. The number of anilines is 1. The van der Waals surface area contributed by atoms with Crippen molar-refractivity contribution in [3.8, 4) is 0 Å². The molecule has 0 aromatic carbocycles. The molecule has 15 heteroatoms. The average Bonchev–Trinajstić information content (AvgIpc) is 3.31. The predicted molar refractivity (Wildman–Crippen MR) is 146 cm³/mol. The molecule has 224 valence electrons. The number of carbonyl (C=O) groups excluding carboxylic acids is 2. The van der Waals surface area contributed by atoms with Crippen LogP contribution in [0.4, 0.5) is 5.82 Å². The van der Waals surface area contributed by atoms with Crippen molar-refractivity contribution in [2.24, 2.45) is 10.8 Å². The predicted octanol–water partition coefficient (Wildman–Crippen LogP) is 3.64. The van der Waals surface area contributed by atoms with Gasteiger partial charge in [-0.1, -0.05) is 6.08 Å². The van der Waals surface area contributed by atoms with Crippen molar-refractivity contribution in [1.29, 1.82) is 0 Å². The van der Waals surface area contributed by atoms with Crippen molar-refractivity contribution in [3.05, 3.63) is 25.3 Å². The van der Waals surface area contributed by atoms with Gasteiger partial charge in [0.15, 0.2) is 11.5 Å². The standard InChI is InChI=1S/C25H40N5O9P/c1-8-10-26-20-19-21(28-13-27-20)30(14-29-19)18(12-31)9-11-35-17-40(34,38-15-36-22(32)24(2,3)4)39-16-37-23(33)25(5,6)7/h8,13-14,18,31H,1,9-12,15-17H2,2-7H3,(H,26,27,28). The summed E-state index contributed by atoms with van der Waals surface area (Å²) in [6.45, 7) is 12.6. The zero-order valence-corrected chi connectivity index (χ0v) is 24.8. The zero-order valence-electron chi connectivity index (χ0n) is 23.9. The Bertz CT molecular complexity index is 1150. The summed E-state index contributed by atoms with van der Waals surface area (Å²) in [5.41, 5.74) is -0.544. The Balaban J connectivity index is 2.01. The molecule has 0 radical (unpaired) electrons. The van der Waals surface area contributed by atoms with Crippen LogP contribution in [0.1, 0.15) is 54.0 Å². The maximum absolute atomic E-state index is 13.3. The number of hydrogen-bond donors (Lipinski definition) is 2. The Morgan fingerprint density at radius 3 is 2.20 bits per heavy atom. The molecule has 0 amide bonds. The van der Waals surface area contributed by atoms with Gasteiger partial charge in [0.2, 0.25) is 13.6 Å². The Hall–Kier alpha value is -2.90. The number of fused-ring (bicyclic) bond motifs is 1. The topological polar surface area (TPSA) is 173 Å². The molecular formula is C25H40N5O9P. The highest BCUT2D eigenvalue weighted by atomic mass is 31.2. The van der Waals surface area contributed by atoms with Gasteiger partial charge in [0.1, 0.15) is 18.2 Å². The summed E-state index contributed by atoms with van der Waals surface area (Å²) < 4.78 is 41.1. The summed E-state index contributed by atoms with van der Waals surface area (Å²) in [6.07, 6.45) is 4.39. The van der Waals surface area contributed by atoms with Gasteiger partial charge in [-0.05, 0) is 48.0 Å². The van der Waals surface area contributed by atoms with E-state index < -0.39 is 56.3 Å². The number of imidazole rings is 1. The first-order valence-electron chi connectivity index (χ1n) is 12.7. The summed E-state index contributed by atoms with van der Waals surface area (Å²) in [4.78, 5) is 36.9. The second-order valence-electron chi connectivity index (χ2n) is 10.8. The maximum Gasteiger partial charge on any atom is 0.361 e. The van der Waals surface area contributed by atoms with Crippen LogP contribution in [-0.4, -0.2) is 76.3 Å². The lowest BCUT2D eigenvalue weighted by Crippen LogP contribution is -2.25. The van der Waals surface area contributed by atoms with Crippen LogP contribution >= 0.6 is 7.60 Å². The second-order valence-corrected chi connectivity index (χ2v) is 12.8. The van der Waals surface area contributed by atoms with E-state index in [-0.39, 0.29) is 13.2 Å². The van der Waals surface area contributed by atoms with E-state index in [4.69, 9.17) is 23.3 Å². The largest absolute Gasteiger partial charge is 0.438 e. The summed E-state index contributed by atoms with van der Waals surface area (Å²) in [7, 11) is -4.02. The lowest BCUT2D eigenvalue weighted by atomic mass is 9.98. The molecule has 0 saturated heterocycles. The molecule has 0 aliphatic carbocycles. The van der Waals surface area contributed by atoms with Crippen molar-refractivity contribution in [2.75, 3.05) is 45.0 Å². The lowest BCUT2D eigenvalue weighted by Gasteiger charge is -2.22. The second kappa shape index (κ2) is 14.6. The molecule has 1 atom stereocenters. The van der Waals surface area contributed by atoms with Crippen LogP contribution in [-0.2, 0) is 37.4 Å². The molecule has 0 saturated carbocycles. The van der Waals surface area contributed by atoms with Crippen LogP contribution in [0.15, 0.2) is 25.3 Å². The fourth-order valence-corrected chi connectivity index (χ4v) is 4.00. The molecule has 0 bridgehead atoms. The first kappa shape index (κ1) is 33.3. The first-order chi connectivity index (χ1) is 18.7. The van der Waals surface area contributed by atoms with Gasteiger partial charge < -0.3 is 29.2 Å². The smallest absolute Gasteiger partial charge is 0.361 e. The minimum Gasteiger partial charge on any atom is -0.438 e. The SMILES string of the molecule is C=CCNc1ncnc2c1ncn2C(CO)CCOCP(=O)(OCOC(=O)C(C)(C)C)OCOC(=O)C(C)(C)C. The number of aliphatic hydroxyl groups is 1. The van der Waals surface area contributed by atoms with Crippen LogP contribution in [0.3, 0.4) is 0 Å². The van der Waals surface area contributed by atoms with Crippen LogP contribution < -0.4 is 5.32 Å². The Morgan fingerprint density at radius 1 is 1.07 bits per heavy atom. The van der Waals surface area contributed by atoms with Gasteiger partial charge in [0.25, 0.3) is 0 Å². The third-order valence-corrected chi connectivity index (χ3v) is 6.82. The van der Waals surface area contributed by atoms with Gasteiger partial charge in [-0.15, -0.1) is 6.58 Å². The molecule has 0 aliphatic heterocycles. The molecule has 2 aromatic heterocycles. The molecule has 2 heterocycles. The van der Waals surface area contributed by atoms with Gasteiger partial charge >= 0.3 is 19.5 Å². The van der Waals surface area contributed by atoms with E-state index in [2.05, 4.69) is 26.8 Å². The van der Waals surface area contributed by atoms with Gasteiger partial charge in [-0.3, -0.25) is 23.2 Å². The fraction of sp³-hybridized carbons (Fsp3) is 0.640. The van der Waals surface area contributed by atoms with Crippen molar-refractivity contribution >= 4 is 36.5 Å². The molecule has 2 aromatic rings. The third kappa shape index (κ3) is 9.93. The van der Waals surface area contributed by atoms with Gasteiger partial charge in [0, 0.05) is 13.2 Å². The highest BCUT2D eigenvalue weighted by Crippen LogP contribution is 2.48. The molecule has 2 N–H and O–H groups in total. The van der Waals surface area contributed by atoms with E-state index in [1.807, 2.05) is 0 Å². The van der Waals surface area contributed by atoms with E-state index in [0.29, 0.717) is 29.9 Å². The fourth-order valence-electron chi connectivity index (χ4n) is 3.00. The van der Waals surface area contributed by atoms with Crippen molar-refractivity contribution in [2.45, 2.75) is 54.0 Å². The van der Waals surface area contributed by atoms with Crippen LogP contribution in [0.25, 0.3) is 11.2 Å². The van der Waals surface area contributed by atoms with E-state index in [0.717, 1.165) is 0 Å². The molecule has 14 nitrogen and oxygen atoms in total. The van der Waals surface area contributed by atoms with Crippen molar-refractivity contribution < 1.29 is 42.5 Å². The molecule has 0 aliphatic rings. The van der Waals surface area contributed by atoms with Crippen LogP contribution in [0.2, 0.25) is 0 Å². The van der Waals surface area contributed by atoms with Crippen molar-refractivity contribution in [1.82, 2.24) is 19.5 Å². The molecule has 40 heavy (non-hydrogen) atoms. The monoisotopic (exact) mass is 585 g/mol. The minimum absolute atomic E-state index is 0.0395. The third-order valence-electron chi connectivity index (χ3n) is 5.33. The number of nitrogens with one attached hydrogen (secondary N) is 1. The van der Waals surface area contributed by atoms with Crippen LogP contribution in [0.5, 0.6) is 0 Å². The van der Waals surface area contributed by atoms with E-state index >= 15 is 0 Å². The number of aromatic nitrogens is 4. The quantitative estimate of drug-likeness (QED) is 0.0962. The minimum atomic E-state index is -4.02. The van der Waals surface area contributed by atoms with Gasteiger partial charge in [-0.25, -0.2) is 15.0 Å². The number of nitrogens with zero attached hydrogens (tertiary/aromatic N) is 4. The number of rotatable bonds is 16. The highest BCUT2D eigenvalue weighted by Gasteiger charge is 2.30. The Labute approximate surface area is 233 Å². The zero-order chi connectivity index (χ0) is 30.0. The van der Waals surface area contributed by atoms with Gasteiger partial charge in [0.05, 0.1) is 29.8 Å². The number of esters is 2. The first-order valence-corrected chi connectivity index (χ1v) is 14.4. The highest BCUT2D eigenvalue weighted by molar-refractivity contribution is 7.53. The average molecular weight is 586 g/mol. The number of aliphatic hydroxyl groups excluding tert-OH is 1. The lowest BCUT2D eigenvalue weighted by molar-refractivity contribution is -0.162. The van der Waals surface area contributed by atoms with Crippen molar-refractivity contribution in [3.63, 3.8) is 0 Å². The molecule has 2 rings (SSSR count). The molecule has 0 spiro atoms. The summed E-state index contributed by atoms with van der Waals surface area (Å²) in [6, 6.07) is -0.464. The molecular weight excluding hydrogens is 545 g/mol. The summed E-state index contributed by atoms with van der Waals surface area (Å²) >= 11 is 0. The molecule has 1 unspecified atom stereocenters. The van der Waals surface area contributed by atoms with E-state index in [1.54, 1.807) is 58.5 Å². The summed E-state index contributed by atoms with van der Waals surface area (Å²) in [5.74, 6) is -0.598. The number of ether oxygens (including phenoxy) is 3. The molecule has 0 fully saturated rings. The van der Waals surface area contributed by atoms with Gasteiger partial charge in [-0.2, -0.15) is 0 Å². The Kier molecular flexibility index (Phi) is 12.2. The number of hydrogen-bond acceptors (Lipinski definition) is 13. The summed E-state index contributed by atoms with van der Waals surface area (Å²) in [5, 5.41) is 13.1. The van der Waals surface area contributed by atoms with Crippen LogP contribution in [0, 0.1) is 10.8 Å². The Morgan fingerprint density at radius 2 is 1.68 bits per heavy atom. The maximum atomic E-state index is 13.3. The van der Waals surface area contributed by atoms with E-state index in [1.165, 1.54) is 6.33 Å².